The average Bonchev–Trinajstić information content (AvgIpc) is 2.27. The summed E-state index contributed by atoms with van der Waals surface area (Å²) in [7, 11) is 0. The first-order chi connectivity index (χ1) is 7.74. The van der Waals surface area contributed by atoms with Crippen LogP contribution in [-0.4, -0.2) is 11.6 Å². The Morgan fingerprint density at radius 3 is 3.12 bits per heavy atom. The van der Waals surface area contributed by atoms with Gasteiger partial charge in [0.05, 0.1) is 12.1 Å². The quantitative estimate of drug-likeness (QED) is 0.684. The molecule has 0 spiro atoms. The minimum Gasteiger partial charge on any atom is -0.477 e. The van der Waals surface area contributed by atoms with Gasteiger partial charge < -0.3 is 4.74 Å². The third kappa shape index (κ3) is 1.59. The van der Waals surface area contributed by atoms with Crippen LogP contribution in [0.4, 0.5) is 0 Å². The molecular formula is C13H12BrNO. The van der Waals surface area contributed by atoms with Crippen LogP contribution in [0.15, 0.2) is 24.3 Å². The van der Waals surface area contributed by atoms with E-state index in [2.05, 4.69) is 52.1 Å². The number of halogens is 1. The highest BCUT2D eigenvalue weighted by Crippen LogP contribution is 2.38. The van der Waals surface area contributed by atoms with E-state index in [1.807, 2.05) is 0 Å². The van der Waals surface area contributed by atoms with Crippen molar-refractivity contribution in [1.29, 1.82) is 0 Å². The Balaban J connectivity index is 2.26. The van der Waals surface area contributed by atoms with Crippen molar-refractivity contribution < 1.29 is 4.74 Å². The zero-order valence-electron chi connectivity index (χ0n) is 9.03. The molecule has 0 saturated heterocycles. The molecule has 1 unspecified atom stereocenters. The summed E-state index contributed by atoms with van der Waals surface area (Å²) >= 11 is 3.67. The summed E-state index contributed by atoms with van der Waals surface area (Å²) < 4.78 is 5.60. The number of pyridine rings is 1. The third-order valence-electron chi connectivity index (χ3n) is 2.91. The van der Waals surface area contributed by atoms with E-state index in [4.69, 9.17) is 4.74 Å². The van der Waals surface area contributed by atoms with E-state index in [9.17, 15) is 0 Å². The summed E-state index contributed by atoms with van der Waals surface area (Å²) in [6.45, 7) is 2.82. The van der Waals surface area contributed by atoms with Gasteiger partial charge in [-0.2, -0.15) is 0 Å². The number of hydrogen-bond acceptors (Lipinski definition) is 2. The second-order valence-corrected chi connectivity index (χ2v) is 5.29. The number of nitrogens with zero attached hydrogens (tertiary/aromatic N) is 1. The third-order valence-corrected chi connectivity index (χ3v) is 3.86. The second kappa shape index (κ2) is 3.74. The largest absolute Gasteiger partial charge is 0.477 e. The molecule has 1 aromatic heterocycles. The van der Waals surface area contributed by atoms with Gasteiger partial charge in [0.2, 0.25) is 5.88 Å². The number of aromatic nitrogens is 1. The summed E-state index contributed by atoms with van der Waals surface area (Å²) in [6.07, 6.45) is 1.01. The van der Waals surface area contributed by atoms with Gasteiger partial charge in [0.25, 0.3) is 0 Å². The van der Waals surface area contributed by atoms with Crippen molar-refractivity contribution in [1.82, 2.24) is 4.98 Å². The lowest BCUT2D eigenvalue weighted by molar-refractivity contribution is 0.277. The SMILES string of the molecule is Cc1ccc2cc3c(nc2c1)OCCC3Br. The lowest BCUT2D eigenvalue weighted by Gasteiger charge is -2.21. The van der Waals surface area contributed by atoms with E-state index in [0.717, 1.165) is 24.4 Å². The number of rotatable bonds is 0. The molecule has 0 fully saturated rings. The summed E-state index contributed by atoms with van der Waals surface area (Å²) in [6, 6.07) is 8.50. The van der Waals surface area contributed by atoms with Gasteiger partial charge in [-0.15, -0.1) is 0 Å². The predicted molar refractivity (Wildman–Crippen MR) is 68.3 cm³/mol. The lowest BCUT2D eigenvalue weighted by Crippen LogP contribution is -2.11. The Labute approximate surface area is 103 Å². The van der Waals surface area contributed by atoms with E-state index >= 15 is 0 Å². The Bertz CT molecular complexity index is 553. The molecule has 1 atom stereocenters. The minimum absolute atomic E-state index is 0.370. The van der Waals surface area contributed by atoms with Gasteiger partial charge in [-0.3, -0.25) is 0 Å². The fourth-order valence-corrected chi connectivity index (χ4v) is 2.55. The number of alkyl halides is 1. The predicted octanol–water partition coefficient (Wildman–Crippen LogP) is 3.76. The highest BCUT2D eigenvalue weighted by atomic mass is 79.9. The second-order valence-electron chi connectivity index (χ2n) is 4.18. The van der Waals surface area contributed by atoms with E-state index in [-0.39, 0.29) is 0 Å². The molecule has 0 radical (unpaired) electrons. The smallest absolute Gasteiger partial charge is 0.218 e. The zero-order chi connectivity index (χ0) is 11.1. The first-order valence-electron chi connectivity index (χ1n) is 5.42. The van der Waals surface area contributed by atoms with Crippen LogP contribution in [0.5, 0.6) is 5.88 Å². The maximum absolute atomic E-state index is 5.60. The highest BCUT2D eigenvalue weighted by molar-refractivity contribution is 9.09. The molecule has 1 aromatic carbocycles. The molecule has 0 N–H and O–H groups in total. The molecule has 0 amide bonds. The van der Waals surface area contributed by atoms with Crippen molar-refractivity contribution in [2.45, 2.75) is 18.2 Å². The summed E-state index contributed by atoms with van der Waals surface area (Å²) in [5.74, 6) is 0.784. The standard InChI is InChI=1S/C13H12BrNO/c1-8-2-3-9-7-10-11(14)4-5-16-13(10)15-12(9)6-8/h2-3,6-7,11H,4-5H2,1H3. The van der Waals surface area contributed by atoms with Crippen LogP contribution in [0.2, 0.25) is 0 Å². The van der Waals surface area contributed by atoms with Crippen molar-refractivity contribution in [3.63, 3.8) is 0 Å². The van der Waals surface area contributed by atoms with E-state index in [1.165, 1.54) is 16.5 Å². The molecular weight excluding hydrogens is 266 g/mol. The molecule has 3 rings (SSSR count). The first kappa shape index (κ1) is 10.1. The molecule has 2 heterocycles. The fourth-order valence-electron chi connectivity index (χ4n) is 2.03. The molecule has 3 heteroatoms. The maximum Gasteiger partial charge on any atom is 0.218 e. The van der Waals surface area contributed by atoms with Gasteiger partial charge in [0, 0.05) is 15.8 Å². The Hall–Kier alpha value is -1.09. The van der Waals surface area contributed by atoms with Crippen LogP contribution >= 0.6 is 15.9 Å². The summed E-state index contributed by atoms with van der Waals surface area (Å²) in [5, 5.41) is 1.18. The Kier molecular flexibility index (Phi) is 2.36. The van der Waals surface area contributed by atoms with Gasteiger partial charge in [0.15, 0.2) is 0 Å². The van der Waals surface area contributed by atoms with Crippen molar-refractivity contribution in [3.8, 4) is 5.88 Å². The minimum atomic E-state index is 0.370. The van der Waals surface area contributed by atoms with Crippen LogP contribution in [0.1, 0.15) is 22.4 Å². The Morgan fingerprint density at radius 2 is 2.25 bits per heavy atom. The van der Waals surface area contributed by atoms with Gasteiger partial charge in [0.1, 0.15) is 0 Å². The number of fused-ring (bicyclic) bond motifs is 2. The van der Waals surface area contributed by atoms with Crippen LogP contribution in [0, 0.1) is 6.92 Å². The molecule has 0 saturated carbocycles. The van der Waals surface area contributed by atoms with Gasteiger partial charge >= 0.3 is 0 Å². The molecule has 16 heavy (non-hydrogen) atoms. The molecule has 1 aliphatic rings. The van der Waals surface area contributed by atoms with Crippen molar-refractivity contribution in [3.05, 3.63) is 35.4 Å². The van der Waals surface area contributed by atoms with Crippen LogP contribution in [-0.2, 0) is 0 Å². The van der Waals surface area contributed by atoms with Crippen LogP contribution in [0.3, 0.4) is 0 Å². The lowest BCUT2D eigenvalue weighted by atomic mass is 10.1. The van der Waals surface area contributed by atoms with Gasteiger partial charge in [-0.1, -0.05) is 28.1 Å². The van der Waals surface area contributed by atoms with Crippen molar-refractivity contribution in [2.24, 2.45) is 0 Å². The van der Waals surface area contributed by atoms with E-state index < -0.39 is 0 Å². The van der Waals surface area contributed by atoms with E-state index in [1.54, 1.807) is 0 Å². The van der Waals surface area contributed by atoms with Gasteiger partial charge in [-0.25, -0.2) is 4.98 Å². The normalized spacial score (nSPS) is 19.2. The molecule has 0 bridgehead atoms. The van der Waals surface area contributed by atoms with Gasteiger partial charge in [-0.05, 0) is 31.0 Å². The summed E-state index contributed by atoms with van der Waals surface area (Å²) in [4.78, 5) is 4.94. The molecule has 1 aliphatic heterocycles. The summed E-state index contributed by atoms with van der Waals surface area (Å²) in [5.41, 5.74) is 3.41. The monoisotopic (exact) mass is 277 g/mol. The number of aryl methyl sites for hydroxylation is 1. The highest BCUT2D eigenvalue weighted by Gasteiger charge is 2.20. The number of hydrogen-bond donors (Lipinski definition) is 0. The van der Waals surface area contributed by atoms with E-state index in [0.29, 0.717) is 4.83 Å². The molecule has 0 aliphatic carbocycles. The number of benzene rings is 1. The molecule has 2 aromatic rings. The molecule has 2 nitrogen and oxygen atoms in total. The first-order valence-corrected chi connectivity index (χ1v) is 6.34. The topological polar surface area (TPSA) is 22.1 Å². The van der Waals surface area contributed by atoms with Crippen LogP contribution in [0.25, 0.3) is 10.9 Å². The zero-order valence-corrected chi connectivity index (χ0v) is 10.6. The average molecular weight is 278 g/mol. The van der Waals surface area contributed by atoms with Crippen molar-refractivity contribution in [2.75, 3.05) is 6.61 Å². The maximum atomic E-state index is 5.60. The van der Waals surface area contributed by atoms with Crippen molar-refractivity contribution >= 4 is 26.8 Å². The Morgan fingerprint density at radius 1 is 1.38 bits per heavy atom. The van der Waals surface area contributed by atoms with Crippen LogP contribution < -0.4 is 4.74 Å². The molecule has 82 valence electrons. The fraction of sp³-hybridized carbons (Fsp3) is 0.308. The number of ether oxygens (including phenoxy) is 1.